The van der Waals surface area contributed by atoms with E-state index in [2.05, 4.69) is 9.97 Å². The molecular weight excluding hydrogens is 152 g/mol. The summed E-state index contributed by atoms with van der Waals surface area (Å²) in [6.07, 6.45) is 3.33. The molecule has 0 saturated carbocycles. The number of nitrogens with one attached hydrogen (secondary N) is 1. The van der Waals surface area contributed by atoms with Gasteiger partial charge < -0.3 is 4.98 Å². The van der Waals surface area contributed by atoms with Gasteiger partial charge >= 0.3 is 0 Å². The zero-order valence-electron chi connectivity index (χ0n) is 5.30. The van der Waals surface area contributed by atoms with Crippen LogP contribution in [0.5, 0.6) is 0 Å². The number of aromatic amines is 1. The lowest BCUT2D eigenvalue weighted by Gasteiger charge is -1.89. The third-order valence-electron chi connectivity index (χ3n) is 1.12. The summed E-state index contributed by atoms with van der Waals surface area (Å²) in [4.78, 5) is 17.4. The van der Waals surface area contributed by atoms with Gasteiger partial charge in [-0.1, -0.05) is 0 Å². The third-order valence-corrected chi connectivity index (χ3v) is 1.31. The average Bonchev–Trinajstić information content (AvgIpc) is 2.38. The van der Waals surface area contributed by atoms with Gasteiger partial charge in [-0.2, -0.15) is 0 Å². The third kappa shape index (κ3) is 1.57. The predicted octanol–water partition coefficient (Wildman–Crippen LogP) is 1.22. The standard InChI is InChI=1S/C6H7ClN2O/c7-2-1-6(10)5-3-8-4-9-5/h3-4H,1-2H2,(H,8,9). The van der Waals surface area contributed by atoms with Crippen molar-refractivity contribution in [3.05, 3.63) is 18.2 Å². The number of nitrogens with zero attached hydrogens (tertiary/aromatic N) is 1. The molecule has 0 spiro atoms. The van der Waals surface area contributed by atoms with Gasteiger partial charge in [-0.3, -0.25) is 4.79 Å². The highest BCUT2D eigenvalue weighted by Crippen LogP contribution is 1.97. The molecule has 0 aliphatic carbocycles. The fourth-order valence-electron chi connectivity index (χ4n) is 0.629. The van der Waals surface area contributed by atoms with E-state index in [0.29, 0.717) is 18.0 Å². The number of carbonyl (C=O) groups excluding carboxylic acids is 1. The Balaban J connectivity index is 2.59. The van der Waals surface area contributed by atoms with Crippen molar-refractivity contribution in [1.29, 1.82) is 0 Å². The Morgan fingerprint density at radius 2 is 2.60 bits per heavy atom. The number of Topliss-reactive ketones (excluding diaryl/α,β-unsaturated/α-hetero) is 1. The minimum atomic E-state index is 0.00694. The number of rotatable bonds is 3. The molecule has 1 rings (SSSR count). The van der Waals surface area contributed by atoms with E-state index < -0.39 is 0 Å². The second-order valence-corrected chi connectivity index (χ2v) is 2.21. The topological polar surface area (TPSA) is 45.8 Å². The van der Waals surface area contributed by atoms with Crippen molar-refractivity contribution in [3.63, 3.8) is 0 Å². The highest BCUT2D eigenvalue weighted by molar-refractivity contribution is 6.19. The number of halogens is 1. The van der Waals surface area contributed by atoms with Crippen LogP contribution in [0.3, 0.4) is 0 Å². The van der Waals surface area contributed by atoms with Crippen molar-refractivity contribution < 1.29 is 4.79 Å². The van der Waals surface area contributed by atoms with Crippen LogP contribution in [0.25, 0.3) is 0 Å². The molecule has 1 heterocycles. The number of H-pyrrole nitrogens is 1. The highest BCUT2D eigenvalue weighted by atomic mass is 35.5. The van der Waals surface area contributed by atoms with Gasteiger partial charge in [0, 0.05) is 12.3 Å². The van der Waals surface area contributed by atoms with Gasteiger partial charge in [0.05, 0.1) is 12.5 Å². The van der Waals surface area contributed by atoms with Crippen LogP contribution in [0.15, 0.2) is 12.5 Å². The number of imidazole rings is 1. The molecule has 54 valence electrons. The van der Waals surface area contributed by atoms with Crippen LogP contribution in [0, 0.1) is 0 Å². The van der Waals surface area contributed by atoms with E-state index in [1.54, 1.807) is 0 Å². The molecule has 0 saturated heterocycles. The van der Waals surface area contributed by atoms with Gasteiger partial charge in [0.1, 0.15) is 5.69 Å². The first-order valence-corrected chi connectivity index (χ1v) is 3.45. The Hall–Kier alpha value is -0.830. The fraction of sp³-hybridized carbons (Fsp3) is 0.333. The maximum Gasteiger partial charge on any atom is 0.181 e. The van der Waals surface area contributed by atoms with E-state index in [4.69, 9.17) is 11.6 Å². The molecule has 10 heavy (non-hydrogen) atoms. The van der Waals surface area contributed by atoms with Crippen molar-refractivity contribution in [2.45, 2.75) is 6.42 Å². The molecule has 0 aliphatic heterocycles. The molecule has 1 N–H and O–H groups in total. The van der Waals surface area contributed by atoms with Crippen molar-refractivity contribution in [1.82, 2.24) is 9.97 Å². The number of carbonyl (C=O) groups is 1. The molecule has 1 aromatic rings. The monoisotopic (exact) mass is 158 g/mol. The zero-order valence-corrected chi connectivity index (χ0v) is 6.06. The van der Waals surface area contributed by atoms with E-state index in [0.717, 1.165) is 0 Å². The number of hydrogen-bond acceptors (Lipinski definition) is 2. The van der Waals surface area contributed by atoms with Crippen LogP contribution in [0.1, 0.15) is 16.9 Å². The molecule has 0 aromatic carbocycles. The van der Waals surface area contributed by atoms with Gasteiger partial charge in [-0.25, -0.2) is 4.98 Å². The van der Waals surface area contributed by atoms with Crippen LogP contribution in [-0.4, -0.2) is 21.6 Å². The summed E-state index contributed by atoms with van der Waals surface area (Å²) in [5, 5.41) is 0. The number of hydrogen-bond donors (Lipinski definition) is 1. The highest BCUT2D eigenvalue weighted by Gasteiger charge is 2.04. The van der Waals surface area contributed by atoms with Gasteiger partial charge in [-0.05, 0) is 0 Å². The predicted molar refractivity (Wildman–Crippen MR) is 38.3 cm³/mol. The molecule has 0 atom stereocenters. The maximum atomic E-state index is 11.0. The van der Waals surface area contributed by atoms with Crippen LogP contribution >= 0.6 is 11.6 Å². The molecular formula is C6H7ClN2O. The van der Waals surface area contributed by atoms with E-state index >= 15 is 0 Å². The summed E-state index contributed by atoms with van der Waals surface area (Å²) in [7, 11) is 0. The smallest absolute Gasteiger partial charge is 0.181 e. The zero-order chi connectivity index (χ0) is 7.40. The fourth-order valence-corrected chi connectivity index (χ4v) is 0.801. The van der Waals surface area contributed by atoms with Gasteiger partial charge in [-0.15, -0.1) is 11.6 Å². The number of alkyl halides is 1. The largest absolute Gasteiger partial charge is 0.342 e. The molecule has 3 nitrogen and oxygen atoms in total. The van der Waals surface area contributed by atoms with Crippen molar-refractivity contribution in [2.75, 3.05) is 5.88 Å². The lowest BCUT2D eigenvalue weighted by atomic mass is 10.2. The quantitative estimate of drug-likeness (QED) is 0.531. The van der Waals surface area contributed by atoms with Gasteiger partial charge in [0.15, 0.2) is 5.78 Å². The Labute approximate surface area is 63.4 Å². The summed E-state index contributed by atoms with van der Waals surface area (Å²) in [6.45, 7) is 0. The Morgan fingerprint density at radius 3 is 3.10 bits per heavy atom. The second-order valence-electron chi connectivity index (χ2n) is 1.83. The average molecular weight is 159 g/mol. The Bertz CT molecular complexity index is 208. The molecule has 0 fully saturated rings. The lowest BCUT2D eigenvalue weighted by molar-refractivity contribution is 0.0985. The minimum absolute atomic E-state index is 0.00694. The van der Waals surface area contributed by atoms with E-state index in [1.807, 2.05) is 0 Å². The van der Waals surface area contributed by atoms with E-state index in [-0.39, 0.29) is 5.78 Å². The van der Waals surface area contributed by atoms with E-state index in [1.165, 1.54) is 12.5 Å². The van der Waals surface area contributed by atoms with Crippen LogP contribution in [0.4, 0.5) is 0 Å². The Morgan fingerprint density at radius 1 is 1.80 bits per heavy atom. The van der Waals surface area contributed by atoms with Crippen LogP contribution in [-0.2, 0) is 0 Å². The first kappa shape index (κ1) is 7.28. The lowest BCUT2D eigenvalue weighted by Crippen LogP contribution is -1.99. The number of ketones is 1. The normalized spacial score (nSPS) is 9.70. The Kier molecular flexibility index (Phi) is 2.45. The van der Waals surface area contributed by atoms with E-state index in [9.17, 15) is 4.79 Å². The summed E-state index contributed by atoms with van der Waals surface area (Å²) in [6, 6.07) is 0. The van der Waals surface area contributed by atoms with Gasteiger partial charge in [0.25, 0.3) is 0 Å². The van der Waals surface area contributed by atoms with Crippen molar-refractivity contribution in [3.8, 4) is 0 Å². The molecule has 4 heteroatoms. The van der Waals surface area contributed by atoms with Crippen molar-refractivity contribution in [2.24, 2.45) is 0 Å². The molecule has 0 amide bonds. The first-order chi connectivity index (χ1) is 4.84. The summed E-state index contributed by atoms with van der Waals surface area (Å²) < 4.78 is 0. The summed E-state index contributed by atoms with van der Waals surface area (Å²) in [5.41, 5.74) is 0.528. The summed E-state index contributed by atoms with van der Waals surface area (Å²) in [5.74, 6) is 0.366. The molecule has 0 aliphatic rings. The molecule has 0 radical (unpaired) electrons. The molecule has 1 aromatic heterocycles. The second kappa shape index (κ2) is 3.37. The van der Waals surface area contributed by atoms with Crippen LogP contribution in [0.2, 0.25) is 0 Å². The van der Waals surface area contributed by atoms with Crippen LogP contribution < -0.4 is 0 Å². The molecule has 0 unspecified atom stereocenters. The first-order valence-electron chi connectivity index (χ1n) is 2.92. The van der Waals surface area contributed by atoms with Gasteiger partial charge in [0.2, 0.25) is 0 Å². The number of aromatic nitrogens is 2. The minimum Gasteiger partial charge on any atom is -0.342 e. The SMILES string of the molecule is O=C(CCCl)c1cnc[nH]1. The summed E-state index contributed by atoms with van der Waals surface area (Å²) >= 11 is 5.36. The maximum absolute atomic E-state index is 11.0. The molecule has 0 bridgehead atoms. The van der Waals surface area contributed by atoms with Crippen molar-refractivity contribution >= 4 is 17.4 Å².